The third-order valence-corrected chi connectivity index (χ3v) is 4.61. The molecule has 2 aromatic rings. The zero-order valence-corrected chi connectivity index (χ0v) is 14.5. The fraction of sp³-hybridized carbons (Fsp3) is 0.333. The first-order valence-electron chi connectivity index (χ1n) is 8.16. The monoisotopic (exact) mass is 344 g/mol. The molecule has 0 bridgehead atoms. The molecule has 0 saturated carbocycles. The van der Waals surface area contributed by atoms with E-state index in [1.54, 1.807) is 18.3 Å². The molecule has 2 heterocycles. The van der Waals surface area contributed by atoms with Crippen LogP contribution in [0.1, 0.15) is 17.4 Å². The van der Waals surface area contributed by atoms with Crippen LogP contribution in [0.4, 0.5) is 11.4 Å². The van der Waals surface area contributed by atoms with E-state index in [-0.39, 0.29) is 5.91 Å². The number of pyridine rings is 1. The van der Waals surface area contributed by atoms with E-state index in [9.17, 15) is 4.79 Å². The van der Waals surface area contributed by atoms with E-state index in [4.69, 9.17) is 11.6 Å². The van der Waals surface area contributed by atoms with Crippen LogP contribution in [0.15, 0.2) is 42.6 Å². The molecule has 1 aromatic heterocycles. The topological polar surface area (TPSA) is 48.5 Å². The van der Waals surface area contributed by atoms with Crippen LogP contribution in [-0.2, 0) is 0 Å². The van der Waals surface area contributed by atoms with Crippen molar-refractivity contribution in [2.24, 2.45) is 0 Å². The van der Waals surface area contributed by atoms with E-state index in [1.165, 1.54) is 0 Å². The highest BCUT2D eigenvalue weighted by atomic mass is 35.5. The molecule has 1 aromatic carbocycles. The molecule has 0 spiro atoms. The zero-order valence-electron chi connectivity index (χ0n) is 13.7. The third kappa shape index (κ3) is 3.86. The summed E-state index contributed by atoms with van der Waals surface area (Å²) < 4.78 is 0. The number of carbonyl (C=O) groups is 1. The number of aromatic nitrogens is 1. The Morgan fingerprint density at radius 1 is 1.21 bits per heavy atom. The number of hydrogen-bond donors (Lipinski definition) is 1. The molecule has 1 aliphatic heterocycles. The highest BCUT2D eigenvalue weighted by Gasteiger charge is 2.17. The van der Waals surface area contributed by atoms with Gasteiger partial charge >= 0.3 is 0 Å². The SMILES string of the molecule is CCN1CCN(c2ccnc(C(=O)Nc3ccccc3Cl)c2)CC1. The van der Waals surface area contributed by atoms with Crippen molar-refractivity contribution in [2.45, 2.75) is 6.92 Å². The summed E-state index contributed by atoms with van der Waals surface area (Å²) in [5.74, 6) is -0.253. The highest BCUT2D eigenvalue weighted by molar-refractivity contribution is 6.33. The van der Waals surface area contributed by atoms with Crippen molar-refractivity contribution in [3.8, 4) is 0 Å². The Morgan fingerprint density at radius 2 is 1.96 bits per heavy atom. The van der Waals surface area contributed by atoms with Crippen LogP contribution in [0, 0.1) is 0 Å². The summed E-state index contributed by atoms with van der Waals surface area (Å²) in [6.45, 7) is 7.27. The smallest absolute Gasteiger partial charge is 0.274 e. The first-order chi connectivity index (χ1) is 11.7. The van der Waals surface area contributed by atoms with Gasteiger partial charge in [0.15, 0.2) is 0 Å². The minimum atomic E-state index is -0.253. The molecule has 0 aliphatic carbocycles. The van der Waals surface area contributed by atoms with Gasteiger partial charge in [0.05, 0.1) is 10.7 Å². The Morgan fingerprint density at radius 3 is 2.67 bits per heavy atom. The number of rotatable bonds is 4. The number of hydrogen-bond acceptors (Lipinski definition) is 4. The maximum Gasteiger partial charge on any atom is 0.274 e. The Bertz CT molecular complexity index is 714. The van der Waals surface area contributed by atoms with Crippen molar-refractivity contribution in [3.63, 3.8) is 0 Å². The normalized spacial score (nSPS) is 15.3. The van der Waals surface area contributed by atoms with Crippen molar-refractivity contribution in [3.05, 3.63) is 53.3 Å². The minimum absolute atomic E-state index is 0.253. The van der Waals surface area contributed by atoms with Gasteiger partial charge in [-0.15, -0.1) is 0 Å². The van der Waals surface area contributed by atoms with Crippen LogP contribution in [0.25, 0.3) is 0 Å². The van der Waals surface area contributed by atoms with E-state index in [1.807, 2.05) is 24.3 Å². The molecule has 126 valence electrons. The van der Waals surface area contributed by atoms with Gasteiger partial charge in [-0.2, -0.15) is 0 Å². The van der Waals surface area contributed by atoms with Crippen molar-refractivity contribution in [1.29, 1.82) is 0 Å². The molecule has 0 unspecified atom stereocenters. The highest BCUT2D eigenvalue weighted by Crippen LogP contribution is 2.22. The predicted molar refractivity (Wildman–Crippen MR) is 98.0 cm³/mol. The van der Waals surface area contributed by atoms with Crippen LogP contribution in [-0.4, -0.2) is 48.5 Å². The number of para-hydroxylation sites is 1. The van der Waals surface area contributed by atoms with E-state index < -0.39 is 0 Å². The molecule has 3 rings (SSSR count). The number of anilines is 2. The van der Waals surface area contributed by atoms with Crippen molar-refractivity contribution in [1.82, 2.24) is 9.88 Å². The van der Waals surface area contributed by atoms with E-state index in [0.29, 0.717) is 16.4 Å². The number of piperazine rings is 1. The molecule has 24 heavy (non-hydrogen) atoms. The van der Waals surface area contributed by atoms with Gasteiger partial charge in [-0.25, -0.2) is 0 Å². The van der Waals surface area contributed by atoms with Gasteiger partial charge in [-0.3, -0.25) is 9.78 Å². The summed E-state index contributed by atoms with van der Waals surface area (Å²) >= 11 is 6.09. The molecule has 5 nitrogen and oxygen atoms in total. The minimum Gasteiger partial charge on any atom is -0.369 e. The van der Waals surface area contributed by atoms with Crippen LogP contribution in [0.5, 0.6) is 0 Å². The Labute approximate surface area is 147 Å². The van der Waals surface area contributed by atoms with Crippen molar-refractivity contribution in [2.75, 3.05) is 42.9 Å². The summed E-state index contributed by atoms with van der Waals surface area (Å²) in [6, 6.07) is 11.0. The van der Waals surface area contributed by atoms with Gasteiger partial charge in [-0.05, 0) is 30.8 Å². The summed E-state index contributed by atoms with van der Waals surface area (Å²) in [5, 5.41) is 3.32. The lowest BCUT2D eigenvalue weighted by Gasteiger charge is -2.35. The average molecular weight is 345 g/mol. The fourth-order valence-electron chi connectivity index (χ4n) is 2.81. The summed E-state index contributed by atoms with van der Waals surface area (Å²) in [6.07, 6.45) is 1.68. The van der Waals surface area contributed by atoms with E-state index in [2.05, 4.69) is 27.0 Å². The molecule has 1 N–H and O–H groups in total. The summed E-state index contributed by atoms with van der Waals surface area (Å²) in [7, 11) is 0. The molecule has 1 aliphatic rings. The molecule has 1 saturated heterocycles. The molecular formula is C18H21ClN4O. The largest absolute Gasteiger partial charge is 0.369 e. The fourth-order valence-corrected chi connectivity index (χ4v) is 2.99. The van der Waals surface area contributed by atoms with Gasteiger partial charge in [0, 0.05) is 38.1 Å². The first kappa shape index (κ1) is 16.7. The lowest BCUT2D eigenvalue weighted by Crippen LogP contribution is -2.46. The number of amides is 1. The molecule has 1 fully saturated rings. The number of benzene rings is 1. The Balaban J connectivity index is 1.71. The van der Waals surface area contributed by atoms with Crippen LogP contribution >= 0.6 is 11.6 Å². The van der Waals surface area contributed by atoms with E-state index >= 15 is 0 Å². The van der Waals surface area contributed by atoms with Gasteiger partial charge in [0.1, 0.15) is 5.69 Å². The first-order valence-corrected chi connectivity index (χ1v) is 8.54. The van der Waals surface area contributed by atoms with Crippen LogP contribution < -0.4 is 10.2 Å². The second kappa shape index (κ2) is 7.64. The third-order valence-electron chi connectivity index (χ3n) is 4.28. The number of halogens is 1. The second-order valence-electron chi connectivity index (χ2n) is 5.75. The Kier molecular flexibility index (Phi) is 5.33. The maximum absolute atomic E-state index is 12.4. The van der Waals surface area contributed by atoms with E-state index in [0.717, 1.165) is 38.4 Å². The number of likely N-dealkylation sites (N-methyl/N-ethyl adjacent to an activating group) is 1. The maximum atomic E-state index is 12.4. The Hall–Kier alpha value is -2.11. The number of carbonyl (C=O) groups excluding carboxylic acids is 1. The van der Waals surface area contributed by atoms with Gasteiger partial charge in [-0.1, -0.05) is 30.7 Å². The molecule has 1 amide bonds. The second-order valence-corrected chi connectivity index (χ2v) is 6.16. The van der Waals surface area contributed by atoms with Crippen LogP contribution in [0.2, 0.25) is 5.02 Å². The predicted octanol–water partition coefficient (Wildman–Crippen LogP) is 3.13. The lowest BCUT2D eigenvalue weighted by molar-refractivity contribution is 0.102. The summed E-state index contributed by atoms with van der Waals surface area (Å²) in [5.41, 5.74) is 2.02. The number of nitrogens with one attached hydrogen (secondary N) is 1. The molecule has 6 heteroatoms. The lowest BCUT2D eigenvalue weighted by atomic mass is 10.2. The molecular weight excluding hydrogens is 324 g/mol. The van der Waals surface area contributed by atoms with Crippen molar-refractivity contribution >= 4 is 28.9 Å². The van der Waals surface area contributed by atoms with Gasteiger partial charge < -0.3 is 15.1 Å². The molecule has 0 atom stereocenters. The van der Waals surface area contributed by atoms with Gasteiger partial charge in [0.25, 0.3) is 5.91 Å². The summed E-state index contributed by atoms with van der Waals surface area (Å²) in [4.78, 5) is 21.4. The molecule has 0 radical (unpaired) electrons. The van der Waals surface area contributed by atoms with Crippen molar-refractivity contribution < 1.29 is 4.79 Å². The quantitative estimate of drug-likeness (QED) is 0.925. The number of nitrogens with zero attached hydrogens (tertiary/aromatic N) is 3. The van der Waals surface area contributed by atoms with Gasteiger partial charge in [0.2, 0.25) is 0 Å². The average Bonchev–Trinajstić information content (AvgIpc) is 2.64. The zero-order chi connectivity index (χ0) is 16.9. The standard InChI is InChI=1S/C18H21ClN4O/c1-2-22-9-11-23(12-10-22)14-7-8-20-17(13-14)18(24)21-16-6-4-3-5-15(16)19/h3-8,13H,2,9-12H2,1H3,(H,21,24). The van der Waals surface area contributed by atoms with Crippen LogP contribution in [0.3, 0.4) is 0 Å².